The predicted molar refractivity (Wildman–Crippen MR) is 80.0 cm³/mol. The highest BCUT2D eigenvalue weighted by atomic mass is 16.2. The Balaban J connectivity index is 2.44. The average molecular weight is 277 g/mol. The summed E-state index contributed by atoms with van der Waals surface area (Å²) in [5, 5.41) is 2.58. The lowest BCUT2D eigenvalue weighted by atomic mass is 10.1. The number of aryl methyl sites for hydroxylation is 1. The Morgan fingerprint density at radius 3 is 2.70 bits per heavy atom. The molecule has 0 spiro atoms. The Hall–Kier alpha value is -2.04. The van der Waals surface area contributed by atoms with E-state index >= 15 is 0 Å². The van der Waals surface area contributed by atoms with E-state index in [2.05, 4.69) is 5.32 Å². The van der Waals surface area contributed by atoms with Crippen molar-refractivity contribution in [2.45, 2.75) is 19.8 Å². The van der Waals surface area contributed by atoms with E-state index in [9.17, 15) is 9.59 Å². The van der Waals surface area contributed by atoms with Gasteiger partial charge in [-0.2, -0.15) is 0 Å². The third kappa shape index (κ3) is 4.91. The average Bonchev–Trinajstić information content (AvgIpc) is 2.43. The SMILES string of the molecule is CNC(=O)C(C)CN(C)C(=O)CCc1cccc(N)c1. The molecule has 1 aromatic rings. The first-order valence-corrected chi connectivity index (χ1v) is 6.74. The molecule has 1 unspecified atom stereocenters. The third-order valence-corrected chi connectivity index (χ3v) is 3.25. The van der Waals surface area contributed by atoms with E-state index in [1.54, 1.807) is 25.9 Å². The van der Waals surface area contributed by atoms with Crippen LogP contribution in [0, 0.1) is 5.92 Å². The molecule has 0 radical (unpaired) electrons. The lowest BCUT2D eigenvalue weighted by Crippen LogP contribution is -2.37. The summed E-state index contributed by atoms with van der Waals surface area (Å²) in [6.07, 6.45) is 1.07. The Labute approximate surface area is 120 Å². The maximum atomic E-state index is 12.0. The molecule has 0 heterocycles. The zero-order valence-corrected chi connectivity index (χ0v) is 12.3. The van der Waals surface area contributed by atoms with Crippen molar-refractivity contribution >= 4 is 17.5 Å². The van der Waals surface area contributed by atoms with Gasteiger partial charge in [0.05, 0.1) is 5.92 Å². The lowest BCUT2D eigenvalue weighted by Gasteiger charge is -2.20. The number of nitrogen functional groups attached to an aromatic ring is 1. The van der Waals surface area contributed by atoms with Crippen LogP contribution in [0.4, 0.5) is 5.69 Å². The summed E-state index contributed by atoms with van der Waals surface area (Å²) >= 11 is 0. The van der Waals surface area contributed by atoms with E-state index in [1.807, 2.05) is 24.3 Å². The third-order valence-electron chi connectivity index (χ3n) is 3.25. The monoisotopic (exact) mass is 277 g/mol. The van der Waals surface area contributed by atoms with Crippen LogP contribution in [0.1, 0.15) is 18.9 Å². The predicted octanol–water partition coefficient (Wildman–Crippen LogP) is 1.04. The van der Waals surface area contributed by atoms with E-state index in [0.717, 1.165) is 5.56 Å². The molecule has 0 saturated heterocycles. The number of amides is 2. The summed E-state index contributed by atoms with van der Waals surface area (Å²) in [5.41, 5.74) is 7.45. The number of carbonyl (C=O) groups is 2. The number of nitrogens with two attached hydrogens (primary N) is 1. The van der Waals surface area contributed by atoms with Crippen molar-refractivity contribution in [3.05, 3.63) is 29.8 Å². The van der Waals surface area contributed by atoms with Crippen LogP contribution in [0.3, 0.4) is 0 Å². The van der Waals surface area contributed by atoms with Crippen LogP contribution in [-0.4, -0.2) is 37.4 Å². The number of hydrogen-bond acceptors (Lipinski definition) is 3. The number of nitrogens with one attached hydrogen (secondary N) is 1. The van der Waals surface area contributed by atoms with Crippen LogP contribution < -0.4 is 11.1 Å². The highest BCUT2D eigenvalue weighted by molar-refractivity contribution is 5.80. The summed E-state index contributed by atoms with van der Waals surface area (Å²) in [6, 6.07) is 7.53. The van der Waals surface area contributed by atoms with Crippen molar-refractivity contribution in [1.29, 1.82) is 0 Å². The maximum Gasteiger partial charge on any atom is 0.224 e. The van der Waals surface area contributed by atoms with Gasteiger partial charge in [-0.3, -0.25) is 9.59 Å². The fourth-order valence-corrected chi connectivity index (χ4v) is 2.03. The quantitative estimate of drug-likeness (QED) is 0.763. The van der Waals surface area contributed by atoms with Crippen molar-refractivity contribution in [3.63, 3.8) is 0 Å². The zero-order valence-electron chi connectivity index (χ0n) is 12.3. The second-order valence-electron chi connectivity index (χ2n) is 5.03. The number of carbonyl (C=O) groups excluding carboxylic acids is 2. The van der Waals surface area contributed by atoms with Gasteiger partial charge in [0.1, 0.15) is 0 Å². The molecule has 0 aromatic heterocycles. The molecule has 0 fully saturated rings. The molecular weight excluding hydrogens is 254 g/mol. The minimum absolute atomic E-state index is 0.0307. The van der Waals surface area contributed by atoms with Crippen molar-refractivity contribution < 1.29 is 9.59 Å². The molecule has 1 aromatic carbocycles. The van der Waals surface area contributed by atoms with Gasteiger partial charge in [-0.05, 0) is 24.1 Å². The van der Waals surface area contributed by atoms with Gasteiger partial charge in [-0.1, -0.05) is 19.1 Å². The van der Waals surface area contributed by atoms with Crippen LogP contribution in [-0.2, 0) is 16.0 Å². The van der Waals surface area contributed by atoms with Gasteiger partial charge >= 0.3 is 0 Å². The number of benzene rings is 1. The number of rotatable bonds is 6. The van der Waals surface area contributed by atoms with Crippen LogP contribution in [0.2, 0.25) is 0 Å². The molecule has 1 rings (SSSR count). The van der Waals surface area contributed by atoms with Gasteiger partial charge < -0.3 is 16.0 Å². The summed E-state index contributed by atoms with van der Waals surface area (Å²) in [5.74, 6) is -0.231. The summed E-state index contributed by atoms with van der Waals surface area (Å²) in [6.45, 7) is 2.23. The summed E-state index contributed by atoms with van der Waals surface area (Å²) in [7, 11) is 3.32. The van der Waals surface area contributed by atoms with Gasteiger partial charge in [0.15, 0.2) is 0 Å². The Bertz CT molecular complexity index is 474. The van der Waals surface area contributed by atoms with Gasteiger partial charge in [-0.25, -0.2) is 0 Å². The molecule has 2 amide bonds. The molecule has 20 heavy (non-hydrogen) atoms. The molecule has 5 heteroatoms. The first kappa shape index (κ1) is 16.0. The Morgan fingerprint density at radius 2 is 2.10 bits per heavy atom. The molecule has 0 aliphatic rings. The summed E-state index contributed by atoms with van der Waals surface area (Å²) < 4.78 is 0. The first-order valence-electron chi connectivity index (χ1n) is 6.74. The lowest BCUT2D eigenvalue weighted by molar-refractivity contribution is -0.132. The standard InChI is InChI=1S/C15H23N3O2/c1-11(15(20)17-2)10-18(3)14(19)8-7-12-5-4-6-13(16)9-12/h4-6,9,11H,7-8,10,16H2,1-3H3,(H,17,20). The number of hydrogen-bond donors (Lipinski definition) is 2. The van der Waals surface area contributed by atoms with Crippen LogP contribution in [0.5, 0.6) is 0 Å². The van der Waals surface area contributed by atoms with Crippen LogP contribution >= 0.6 is 0 Å². The normalized spacial score (nSPS) is 11.8. The van der Waals surface area contributed by atoms with E-state index in [1.165, 1.54) is 0 Å². The highest BCUT2D eigenvalue weighted by Crippen LogP contribution is 2.10. The molecule has 110 valence electrons. The van der Waals surface area contributed by atoms with E-state index in [4.69, 9.17) is 5.73 Å². The van der Waals surface area contributed by atoms with Gasteiger partial charge in [-0.15, -0.1) is 0 Å². The minimum atomic E-state index is -0.207. The fraction of sp³-hybridized carbons (Fsp3) is 0.467. The zero-order chi connectivity index (χ0) is 15.1. The Kier molecular flexibility index (Phi) is 6.03. The van der Waals surface area contributed by atoms with Crippen molar-refractivity contribution in [3.8, 4) is 0 Å². The van der Waals surface area contributed by atoms with Gasteiger partial charge in [0.2, 0.25) is 11.8 Å². The molecule has 0 aliphatic heterocycles. The second kappa shape index (κ2) is 7.53. The van der Waals surface area contributed by atoms with E-state index in [0.29, 0.717) is 25.1 Å². The molecular formula is C15H23N3O2. The highest BCUT2D eigenvalue weighted by Gasteiger charge is 2.16. The van der Waals surface area contributed by atoms with Gasteiger partial charge in [0.25, 0.3) is 0 Å². The largest absolute Gasteiger partial charge is 0.399 e. The van der Waals surface area contributed by atoms with Crippen molar-refractivity contribution in [2.75, 3.05) is 26.4 Å². The minimum Gasteiger partial charge on any atom is -0.399 e. The molecule has 3 N–H and O–H groups in total. The van der Waals surface area contributed by atoms with E-state index in [-0.39, 0.29) is 17.7 Å². The maximum absolute atomic E-state index is 12.0. The summed E-state index contributed by atoms with van der Waals surface area (Å²) in [4.78, 5) is 25.0. The first-order chi connectivity index (χ1) is 9.43. The van der Waals surface area contributed by atoms with Gasteiger partial charge in [0, 0.05) is 32.7 Å². The second-order valence-corrected chi connectivity index (χ2v) is 5.03. The van der Waals surface area contributed by atoms with Crippen molar-refractivity contribution in [2.24, 2.45) is 5.92 Å². The Morgan fingerprint density at radius 1 is 1.40 bits per heavy atom. The topological polar surface area (TPSA) is 75.4 Å². The van der Waals surface area contributed by atoms with Crippen LogP contribution in [0.15, 0.2) is 24.3 Å². The van der Waals surface area contributed by atoms with Crippen molar-refractivity contribution in [1.82, 2.24) is 10.2 Å². The molecule has 0 aliphatic carbocycles. The molecule has 5 nitrogen and oxygen atoms in total. The fourth-order valence-electron chi connectivity index (χ4n) is 2.03. The molecule has 0 saturated carbocycles. The van der Waals surface area contributed by atoms with E-state index < -0.39 is 0 Å². The smallest absolute Gasteiger partial charge is 0.224 e. The molecule has 0 bridgehead atoms. The van der Waals surface area contributed by atoms with Crippen LogP contribution in [0.25, 0.3) is 0 Å². The number of anilines is 1. The molecule has 1 atom stereocenters. The number of nitrogens with zero attached hydrogens (tertiary/aromatic N) is 1.